The highest BCUT2D eigenvalue weighted by Gasteiger charge is 2.11. The normalized spacial score (nSPS) is 10.1. The zero-order valence-corrected chi connectivity index (χ0v) is 13.3. The number of nitrogens with one attached hydrogen (secondary N) is 1. The molecule has 2 rings (SSSR count). The van der Waals surface area contributed by atoms with E-state index in [0.717, 1.165) is 5.56 Å². The van der Waals surface area contributed by atoms with E-state index in [1.165, 1.54) is 0 Å². The van der Waals surface area contributed by atoms with Crippen LogP contribution in [0.4, 0.5) is 5.69 Å². The minimum absolute atomic E-state index is 0.174. The molecule has 114 valence electrons. The van der Waals surface area contributed by atoms with Crippen LogP contribution < -0.4 is 10.1 Å². The quantitative estimate of drug-likeness (QED) is 0.774. The first kappa shape index (κ1) is 16.4. The molecular weight excluding hydrogens is 321 g/mol. The highest BCUT2D eigenvalue weighted by molar-refractivity contribution is 6.31. The molecule has 5 heteroatoms. The Morgan fingerprint density at radius 2 is 2.00 bits per heavy atom. The van der Waals surface area contributed by atoms with Crippen molar-refractivity contribution in [1.29, 1.82) is 0 Å². The van der Waals surface area contributed by atoms with Gasteiger partial charge in [-0.3, -0.25) is 4.79 Å². The van der Waals surface area contributed by atoms with E-state index in [4.69, 9.17) is 27.9 Å². The Morgan fingerprint density at radius 3 is 2.73 bits per heavy atom. The summed E-state index contributed by atoms with van der Waals surface area (Å²) in [5.41, 5.74) is 1.28. The summed E-state index contributed by atoms with van der Waals surface area (Å²) in [6.45, 7) is 3.94. The predicted molar refractivity (Wildman–Crippen MR) is 90.9 cm³/mol. The van der Waals surface area contributed by atoms with Gasteiger partial charge in [0.1, 0.15) is 12.4 Å². The van der Waals surface area contributed by atoms with Crippen LogP contribution in [0.25, 0.3) is 0 Å². The third-order valence-corrected chi connectivity index (χ3v) is 3.49. The minimum Gasteiger partial charge on any atom is -0.487 e. The van der Waals surface area contributed by atoms with Crippen molar-refractivity contribution in [2.24, 2.45) is 0 Å². The summed E-state index contributed by atoms with van der Waals surface area (Å²) in [6.07, 6.45) is 1.80. The van der Waals surface area contributed by atoms with Crippen molar-refractivity contribution < 1.29 is 9.53 Å². The van der Waals surface area contributed by atoms with Crippen LogP contribution in [-0.2, 0) is 11.2 Å². The standard InChI is InChI=1S/C17H15Cl2NO2/c1-2-9-22-16-8-7-13(18)11-15(16)20-17(21)10-12-5-3-4-6-14(12)19/h2-8,11H,1,9-10H2,(H,20,21). The van der Waals surface area contributed by atoms with Crippen molar-refractivity contribution in [1.82, 2.24) is 0 Å². The van der Waals surface area contributed by atoms with E-state index in [1.807, 2.05) is 18.2 Å². The smallest absolute Gasteiger partial charge is 0.228 e. The van der Waals surface area contributed by atoms with Crippen LogP contribution in [-0.4, -0.2) is 12.5 Å². The molecule has 0 unspecified atom stereocenters. The summed E-state index contributed by atoms with van der Waals surface area (Å²) < 4.78 is 5.50. The van der Waals surface area contributed by atoms with Gasteiger partial charge < -0.3 is 10.1 Å². The summed E-state index contributed by atoms with van der Waals surface area (Å²) in [4.78, 5) is 12.2. The van der Waals surface area contributed by atoms with Gasteiger partial charge in [0, 0.05) is 10.0 Å². The Bertz CT molecular complexity index is 686. The molecule has 0 aromatic heterocycles. The maximum absolute atomic E-state index is 12.2. The number of amides is 1. The van der Waals surface area contributed by atoms with Crippen molar-refractivity contribution in [2.75, 3.05) is 11.9 Å². The molecule has 0 saturated heterocycles. The molecule has 1 N–H and O–H groups in total. The molecule has 0 aliphatic heterocycles. The van der Waals surface area contributed by atoms with Crippen molar-refractivity contribution in [3.8, 4) is 5.75 Å². The Hall–Kier alpha value is -1.97. The molecule has 2 aromatic carbocycles. The number of ether oxygens (including phenoxy) is 1. The van der Waals surface area contributed by atoms with Gasteiger partial charge in [-0.15, -0.1) is 0 Å². The molecule has 0 heterocycles. The lowest BCUT2D eigenvalue weighted by atomic mass is 10.1. The first-order valence-electron chi connectivity index (χ1n) is 6.66. The largest absolute Gasteiger partial charge is 0.487 e. The molecule has 0 saturated carbocycles. The Labute approximate surface area is 139 Å². The van der Waals surface area contributed by atoms with E-state index in [9.17, 15) is 4.79 Å². The average molecular weight is 336 g/mol. The Balaban J connectivity index is 2.12. The van der Waals surface area contributed by atoms with Crippen LogP contribution in [0.3, 0.4) is 0 Å². The van der Waals surface area contributed by atoms with Crippen molar-refractivity contribution >= 4 is 34.8 Å². The zero-order valence-electron chi connectivity index (χ0n) is 11.8. The number of carbonyl (C=O) groups excluding carboxylic acids is 1. The van der Waals surface area contributed by atoms with Crippen LogP contribution in [0.1, 0.15) is 5.56 Å². The van der Waals surface area contributed by atoms with Gasteiger partial charge in [-0.2, -0.15) is 0 Å². The average Bonchev–Trinajstić information content (AvgIpc) is 2.49. The number of anilines is 1. The lowest BCUT2D eigenvalue weighted by Crippen LogP contribution is -2.15. The molecule has 0 atom stereocenters. The highest BCUT2D eigenvalue weighted by atomic mass is 35.5. The second-order valence-corrected chi connectivity index (χ2v) is 5.40. The molecule has 0 spiro atoms. The lowest BCUT2D eigenvalue weighted by molar-refractivity contribution is -0.115. The van der Waals surface area contributed by atoms with E-state index in [1.54, 1.807) is 30.3 Å². The Morgan fingerprint density at radius 1 is 1.23 bits per heavy atom. The van der Waals surface area contributed by atoms with Crippen LogP contribution in [0.5, 0.6) is 5.75 Å². The molecule has 0 fully saturated rings. The van der Waals surface area contributed by atoms with E-state index < -0.39 is 0 Å². The second kappa shape index (κ2) is 7.87. The molecule has 22 heavy (non-hydrogen) atoms. The number of hydrogen-bond acceptors (Lipinski definition) is 2. The molecule has 0 aliphatic carbocycles. The predicted octanol–water partition coefficient (Wildman–Crippen LogP) is 4.74. The molecule has 1 amide bonds. The lowest BCUT2D eigenvalue weighted by Gasteiger charge is -2.12. The first-order chi connectivity index (χ1) is 10.6. The van der Waals surface area contributed by atoms with Gasteiger partial charge in [-0.25, -0.2) is 0 Å². The highest BCUT2D eigenvalue weighted by Crippen LogP contribution is 2.28. The number of carbonyl (C=O) groups is 1. The van der Waals surface area contributed by atoms with E-state index in [0.29, 0.717) is 28.1 Å². The van der Waals surface area contributed by atoms with Crippen LogP contribution in [0, 0.1) is 0 Å². The number of rotatable bonds is 6. The molecule has 2 aromatic rings. The van der Waals surface area contributed by atoms with Crippen molar-refractivity contribution in [3.05, 3.63) is 70.7 Å². The fourth-order valence-electron chi connectivity index (χ4n) is 1.88. The monoisotopic (exact) mass is 335 g/mol. The summed E-state index contributed by atoms with van der Waals surface area (Å²) in [7, 11) is 0. The van der Waals surface area contributed by atoms with E-state index >= 15 is 0 Å². The van der Waals surface area contributed by atoms with Gasteiger partial charge in [0.2, 0.25) is 5.91 Å². The summed E-state index contributed by atoms with van der Waals surface area (Å²) in [5.74, 6) is 0.343. The maximum atomic E-state index is 12.2. The third kappa shape index (κ3) is 4.52. The minimum atomic E-state index is -0.196. The van der Waals surface area contributed by atoms with Gasteiger partial charge in [0.15, 0.2) is 0 Å². The zero-order chi connectivity index (χ0) is 15.9. The van der Waals surface area contributed by atoms with Gasteiger partial charge in [-0.05, 0) is 29.8 Å². The number of hydrogen-bond donors (Lipinski definition) is 1. The number of benzene rings is 2. The summed E-state index contributed by atoms with van der Waals surface area (Å²) in [6, 6.07) is 12.3. The maximum Gasteiger partial charge on any atom is 0.228 e. The van der Waals surface area contributed by atoms with Crippen LogP contribution >= 0.6 is 23.2 Å². The SMILES string of the molecule is C=CCOc1ccc(Cl)cc1NC(=O)Cc1ccccc1Cl. The molecule has 0 aliphatic rings. The van der Waals surface area contributed by atoms with Crippen molar-refractivity contribution in [3.63, 3.8) is 0 Å². The molecule has 0 bridgehead atoms. The third-order valence-electron chi connectivity index (χ3n) is 2.88. The molecule has 3 nitrogen and oxygen atoms in total. The van der Waals surface area contributed by atoms with E-state index in [-0.39, 0.29) is 12.3 Å². The fourth-order valence-corrected chi connectivity index (χ4v) is 2.26. The summed E-state index contributed by atoms with van der Waals surface area (Å²) in [5, 5.41) is 3.87. The van der Waals surface area contributed by atoms with Crippen LogP contribution in [0.2, 0.25) is 10.0 Å². The summed E-state index contributed by atoms with van der Waals surface area (Å²) >= 11 is 12.0. The van der Waals surface area contributed by atoms with Crippen molar-refractivity contribution in [2.45, 2.75) is 6.42 Å². The topological polar surface area (TPSA) is 38.3 Å². The second-order valence-electron chi connectivity index (χ2n) is 4.56. The fraction of sp³-hybridized carbons (Fsp3) is 0.118. The van der Waals surface area contributed by atoms with Crippen LogP contribution in [0.15, 0.2) is 55.1 Å². The first-order valence-corrected chi connectivity index (χ1v) is 7.42. The molecular formula is C17H15Cl2NO2. The van der Waals surface area contributed by atoms with Gasteiger partial charge in [0.25, 0.3) is 0 Å². The van der Waals surface area contributed by atoms with Gasteiger partial charge in [-0.1, -0.05) is 54.1 Å². The molecule has 0 radical (unpaired) electrons. The Kier molecular flexibility index (Phi) is 5.87. The van der Waals surface area contributed by atoms with Gasteiger partial charge in [0.05, 0.1) is 12.1 Å². The van der Waals surface area contributed by atoms with Gasteiger partial charge >= 0.3 is 0 Å². The van der Waals surface area contributed by atoms with E-state index in [2.05, 4.69) is 11.9 Å². The number of halogens is 2.